The SMILES string of the molecule is Cl.NC1(c2noc(-c3csc(CCc4ccccc4)n3)n2)CCC1. The molecular formula is C17H19ClN4OS. The molecule has 1 fully saturated rings. The molecule has 0 unspecified atom stereocenters. The van der Waals surface area contributed by atoms with Gasteiger partial charge in [0.1, 0.15) is 5.69 Å². The molecule has 0 radical (unpaired) electrons. The van der Waals surface area contributed by atoms with Crippen molar-refractivity contribution in [1.29, 1.82) is 0 Å². The second kappa shape index (κ2) is 7.01. The number of halogens is 1. The van der Waals surface area contributed by atoms with Crippen LogP contribution in [0.5, 0.6) is 0 Å². The van der Waals surface area contributed by atoms with Crippen LogP contribution in [0.25, 0.3) is 11.6 Å². The number of aromatic nitrogens is 3. The first-order valence-corrected chi connectivity index (χ1v) is 8.73. The monoisotopic (exact) mass is 362 g/mol. The summed E-state index contributed by atoms with van der Waals surface area (Å²) in [6.07, 6.45) is 4.86. The van der Waals surface area contributed by atoms with Crippen molar-refractivity contribution < 1.29 is 4.52 Å². The zero-order valence-electron chi connectivity index (χ0n) is 13.1. The molecule has 1 aromatic carbocycles. The molecule has 0 aliphatic heterocycles. The zero-order chi connectivity index (χ0) is 15.7. The van der Waals surface area contributed by atoms with Crippen molar-refractivity contribution in [1.82, 2.24) is 15.1 Å². The predicted octanol–water partition coefficient (Wildman–Crippen LogP) is 3.74. The number of hydrogen-bond acceptors (Lipinski definition) is 6. The van der Waals surface area contributed by atoms with E-state index in [1.54, 1.807) is 11.3 Å². The second-order valence-corrected chi connectivity index (χ2v) is 6.99. The second-order valence-electron chi connectivity index (χ2n) is 6.04. The maximum atomic E-state index is 6.23. The summed E-state index contributed by atoms with van der Waals surface area (Å²) >= 11 is 1.63. The molecule has 3 aromatic rings. The molecule has 24 heavy (non-hydrogen) atoms. The van der Waals surface area contributed by atoms with Crippen LogP contribution >= 0.6 is 23.7 Å². The average Bonchev–Trinajstić information content (AvgIpc) is 3.21. The van der Waals surface area contributed by atoms with E-state index in [0.717, 1.165) is 42.8 Å². The van der Waals surface area contributed by atoms with Crippen molar-refractivity contribution in [2.45, 2.75) is 37.6 Å². The number of nitrogens with zero attached hydrogens (tertiary/aromatic N) is 3. The molecule has 1 aliphatic rings. The molecule has 0 amide bonds. The average molecular weight is 363 g/mol. The van der Waals surface area contributed by atoms with Gasteiger partial charge in [0.2, 0.25) is 0 Å². The molecule has 1 saturated carbocycles. The molecule has 4 rings (SSSR count). The standard InChI is InChI=1S/C17H18N4OS.ClH/c18-17(9-4-10-17)16-20-15(22-21-16)13-11-23-14(19-13)8-7-12-5-2-1-3-6-12;/h1-3,5-6,11H,4,7-10,18H2;1H. The van der Waals surface area contributed by atoms with Gasteiger partial charge < -0.3 is 10.3 Å². The summed E-state index contributed by atoms with van der Waals surface area (Å²) in [5.41, 5.74) is 7.90. The number of nitrogens with two attached hydrogens (primary N) is 1. The normalized spacial score (nSPS) is 15.5. The topological polar surface area (TPSA) is 77.8 Å². The van der Waals surface area contributed by atoms with Crippen LogP contribution in [0.2, 0.25) is 0 Å². The fourth-order valence-corrected chi connectivity index (χ4v) is 3.50. The van der Waals surface area contributed by atoms with Gasteiger partial charge in [0.25, 0.3) is 5.89 Å². The molecule has 7 heteroatoms. The Kier molecular flexibility index (Phi) is 4.99. The lowest BCUT2D eigenvalue weighted by Crippen LogP contribution is -2.44. The Balaban J connectivity index is 0.00000169. The van der Waals surface area contributed by atoms with E-state index in [-0.39, 0.29) is 12.4 Å². The van der Waals surface area contributed by atoms with Gasteiger partial charge in [0.15, 0.2) is 5.82 Å². The van der Waals surface area contributed by atoms with E-state index in [9.17, 15) is 0 Å². The van der Waals surface area contributed by atoms with Crippen LogP contribution in [0.15, 0.2) is 40.2 Å². The summed E-state index contributed by atoms with van der Waals surface area (Å²) in [4.78, 5) is 9.06. The molecule has 2 aromatic heterocycles. The molecule has 1 aliphatic carbocycles. The smallest absolute Gasteiger partial charge is 0.277 e. The highest BCUT2D eigenvalue weighted by atomic mass is 35.5. The molecular weight excluding hydrogens is 344 g/mol. The quantitative estimate of drug-likeness (QED) is 0.748. The number of hydrogen-bond donors (Lipinski definition) is 1. The van der Waals surface area contributed by atoms with Gasteiger partial charge in [-0.05, 0) is 31.2 Å². The molecule has 2 N–H and O–H groups in total. The lowest BCUT2D eigenvalue weighted by Gasteiger charge is -2.34. The van der Waals surface area contributed by atoms with Crippen molar-refractivity contribution in [3.63, 3.8) is 0 Å². The molecule has 5 nitrogen and oxygen atoms in total. The van der Waals surface area contributed by atoms with Crippen LogP contribution in [-0.4, -0.2) is 15.1 Å². The Hall–Kier alpha value is -1.76. The van der Waals surface area contributed by atoms with Gasteiger partial charge >= 0.3 is 0 Å². The summed E-state index contributed by atoms with van der Waals surface area (Å²) in [5.74, 6) is 1.08. The minimum Gasteiger partial charge on any atom is -0.332 e. The van der Waals surface area contributed by atoms with E-state index in [1.165, 1.54) is 5.56 Å². The Labute approximate surface area is 150 Å². The van der Waals surface area contributed by atoms with Crippen LogP contribution in [-0.2, 0) is 18.4 Å². The van der Waals surface area contributed by atoms with Crippen molar-refractivity contribution in [2.75, 3.05) is 0 Å². The van der Waals surface area contributed by atoms with E-state index in [1.807, 2.05) is 11.4 Å². The molecule has 126 valence electrons. The van der Waals surface area contributed by atoms with Crippen LogP contribution < -0.4 is 5.73 Å². The summed E-state index contributed by atoms with van der Waals surface area (Å²) in [7, 11) is 0. The van der Waals surface area contributed by atoms with Crippen molar-refractivity contribution in [2.24, 2.45) is 5.73 Å². The summed E-state index contributed by atoms with van der Waals surface area (Å²) < 4.78 is 5.35. The van der Waals surface area contributed by atoms with Crippen molar-refractivity contribution >= 4 is 23.7 Å². The van der Waals surface area contributed by atoms with E-state index >= 15 is 0 Å². The predicted molar refractivity (Wildman–Crippen MR) is 96.2 cm³/mol. The van der Waals surface area contributed by atoms with E-state index < -0.39 is 5.54 Å². The Morgan fingerprint density at radius 1 is 1.12 bits per heavy atom. The third kappa shape index (κ3) is 3.36. The van der Waals surface area contributed by atoms with Crippen LogP contribution in [0.3, 0.4) is 0 Å². The molecule has 0 spiro atoms. The van der Waals surface area contributed by atoms with Gasteiger partial charge in [-0.2, -0.15) is 4.98 Å². The molecule has 0 bridgehead atoms. The Morgan fingerprint density at radius 2 is 1.92 bits per heavy atom. The maximum absolute atomic E-state index is 6.23. The fraction of sp³-hybridized carbons (Fsp3) is 0.353. The minimum atomic E-state index is -0.395. The molecule has 0 saturated heterocycles. The van der Waals surface area contributed by atoms with Crippen molar-refractivity contribution in [3.05, 3.63) is 52.1 Å². The van der Waals surface area contributed by atoms with E-state index in [4.69, 9.17) is 10.3 Å². The summed E-state index contributed by atoms with van der Waals surface area (Å²) in [6, 6.07) is 10.4. The first kappa shape index (κ1) is 17.1. The maximum Gasteiger partial charge on any atom is 0.277 e. The third-order valence-corrected chi connectivity index (χ3v) is 5.27. The first-order chi connectivity index (χ1) is 11.2. The van der Waals surface area contributed by atoms with Crippen LogP contribution in [0, 0.1) is 0 Å². The summed E-state index contributed by atoms with van der Waals surface area (Å²) in [5, 5.41) is 7.09. The largest absolute Gasteiger partial charge is 0.332 e. The van der Waals surface area contributed by atoms with Crippen LogP contribution in [0.1, 0.15) is 35.7 Å². The third-order valence-electron chi connectivity index (χ3n) is 4.36. The fourth-order valence-electron chi connectivity index (χ4n) is 2.73. The number of benzene rings is 1. The van der Waals surface area contributed by atoms with E-state index in [0.29, 0.717) is 11.7 Å². The van der Waals surface area contributed by atoms with Gasteiger partial charge in [-0.3, -0.25) is 0 Å². The van der Waals surface area contributed by atoms with Gasteiger partial charge in [-0.1, -0.05) is 35.5 Å². The summed E-state index contributed by atoms with van der Waals surface area (Å²) in [6.45, 7) is 0. The molecule has 0 atom stereocenters. The number of aryl methyl sites for hydroxylation is 2. The van der Waals surface area contributed by atoms with Gasteiger partial charge in [0.05, 0.1) is 10.5 Å². The Morgan fingerprint density at radius 3 is 2.62 bits per heavy atom. The lowest BCUT2D eigenvalue weighted by atomic mass is 9.77. The highest BCUT2D eigenvalue weighted by molar-refractivity contribution is 7.09. The lowest BCUT2D eigenvalue weighted by molar-refractivity contribution is 0.229. The van der Waals surface area contributed by atoms with Gasteiger partial charge in [-0.25, -0.2) is 4.98 Å². The number of rotatable bonds is 5. The number of thiazole rings is 1. The van der Waals surface area contributed by atoms with Gasteiger partial charge in [-0.15, -0.1) is 23.7 Å². The Bertz CT molecular complexity index is 798. The minimum absolute atomic E-state index is 0. The van der Waals surface area contributed by atoms with Gasteiger partial charge in [0, 0.05) is 11.8 Å². The zero-order valence-corrected chi connectivity index (χ0v) is 14.8. The highest BCUT2D eigenvalue weighted by Gasteiger charge is 2.39. The molecule has 2 heterocycles. The highest BCUT2D eigenvalue weighted by Crippen LogP contribution is 2.37. The van der Waals surface area contributed by atoms with E-state index in [2.05, 4.69) is 39.4 Å². The first-order valence-electron chi connectivity index (χ1n) is 7.85. The van der Waals surface area contributed by atoms with Crippen LogP contribution in [0.4, 0.5) is 0 Å². The van der Waals surface area contributed by atoms with Crippen molar-refractivity contribution in [3.8, 4) is 11.6 Å².